The second-order valence-corrected chi connectivity index (χ2v) is 4.29. The van der Waals surface area contributed by atoms with E-state index in [1.807, 2.05) is 18.2 Å². The van der Waals surface area contributed by atoms with Crippen molar-refractivity contribution in [1.82, 2.24) is 15.2 Å². The number of urea groups is 1. The van der Waals surface area contributed by atoms with Crippen molar-refractivity contribution in [3.63, 3.8) is 0 Å². The van der Waals surface area contributed by atoms with Crippen LogP contribution in [0.4, 0.5) is 4.79 Å². The third kappa shape index (κ3) is 2.39. The van der Waals surface area contributed by atoms with E-state index in [1.165, 1.54) is 0 Å². The highest BCUT2D eigenvalue weighted by Crippen LogP contribution is 2.31. The molecule has 2 heterocycles. The molecule has 1 aromatic rings. The van der Waals surface area contributed by atoms with Crippen LogP contribution in [0.15, 0.2) is 24.4 Å². The van der Waals surface area contributed by atoms with E-state index in [-0.39, 0.29) is 6.03 Å². The van der Waals surface area contributed by atoms with Crippen LogP contribution in [0.25, 0.3) is 0 Å². The second-order valence-electron chi connectivity index (χ2n) is 4.29. The minimum Gasteiger partial charge on any atom is -0.383 e. The molecule has 0 aromatic carbocycles. The summed E-state index contributed by atoms with van der Waals surface area (Å²) in [6.45, 7) is 1.10. The van der Waals surface area contributed by atoms with Crippen LogP contribution in [0.1, 0.15) is 18.5 Å². The fourth-order valence-corrected chi connectivity index (χ4v) is 2.13. The Morgan fingerprint density at radius 1 is 1.47 bits per heavy atom. The quantitative estimate of drug-likeness (QED) is 0.753. The van der Waals surface area contributed by atoms with E-state index < -0.39 is 5.60 Å². The number of carbonyl (C=O) groups excluding carboxylic acids is 1. The molecule has 0 aliphatic carbocycles. The van der Waals surface area contributed by atoms with E-state index in [4.69, 9.17) is 0 Å². The fraction of sp³-hybridized carbons (Fsp3) is 0.500. The zero-order chi connectivity index (χ0) is 12.3. The van der Waals surface area contributed by atoms with Crippen LogP contribution in [-0.4, -0.2) is 41.2 Å². The van der Waals surface area contributed by atoms with Crippen molar-refractivity contribution in [1.29, 1.82) is 0 Å². The average Bonchev–Trinajstić information content (AvgIpc) is 2.40. The number of rotatable bonds is 1. The summed E-state index contributed by atoms with van der Waals surface area (Å²) in [5, 5.41) is 13.1. The first-order valence-corrected chi connectivity index (χ1v) is 5.76. The molecule has 0 radical (unpaired) electrons. The van der Waals surface area contributed by atoms with E-state index in [2.05, 4.69) is 10.3 Å². The van der Waals surface area contributed by atoms with Crippen molar-refractivity contribution in [3.8, 4) is 0 Å². The predicted molar refractivity (Wildman–Crippen MR) is 63.4 cm³/mol. The van der Waals surface area contributed by atoms with E-state index in [9.17, 15) is 9.90 Å². The van der Waals surface area contributed by atoms with Crippen LogP contribution < -0.4 is 5.32 Å². The Hall–Kier alpha value is -1.62. The molecule has 0 bridgehead atoms. The molecule has 1 fully saturated rings. The van der Waals surface area contributed by atoms with Crippen LogP contribution >= 0.6 is 0 Å². The first-order valence-electron chi connectivity index (χ1n) is 5.76. The number of amides is 2. The molecule has 2 amide bonds. The summed E-state index contributed by atoms with van der Waals surface area (Å²) in [5.41, 5.74) is -0.206. The standard InChI is InChI=1S/C12H17N3O2/c1-13-11(16)15-8-5-12(17,6-9-15)10-4-2-3-7-14-10/h2-4,7,17H,5-6,8-9H2,1H3,(H,13,16). The third-order valence-electron chi connectivity index (χ3n) is 3.23. The lowest BCUT2D eigenvalue weighted by Gasteiger charge is -2.37. The number of carbonyl (C=O) groups is 1. The SMILES string of the molecule is CNC(=O)N1CCC(O)(c2ccccn2)CC1. The molecule has 5 nitrogen and oxygen atoms in total. The van der Waals surface area contributed by atoms with Gasteiger partial charge < -0.3 is 15.3 Å². The van der Waals surface area contributed by atoms with Gasteiger partial charge in [0.2, 0.25) is 0 Å². The summed E-state index contributed by atoms with van der Waals surface area (Å²) >= 11 is 0. The van der Waals surface area contributed by atoms with Gasteiger partial charge in [-0.15, -0.1) is 0 Å². The molecule has 0 spiro atoms. The maximum absolute atomic E-state index is 11.4. The smallest absolute Gasteiger partial charge is 0.317 e. The molecule has 0 atom stereocenters. The van der Waals surface area contributed by atoms with Crippen molar-refractivity contribution in [2.45, 2.75) is 18.4 Å². The van der Waals surface area contributed by atoms with Gasteiger partial charge in [-0.05, 0) is 25.0 Å². The van der Waals surface area contributed by atoms with Crippen LogP contribution in [0.2, 0.25) is 0 Å². The monoisotopic (exact) mass is 235 g/mol. The summed E-state index contributed by atoms with van der Waals surface area (Å²) < 4.78 is 0. The Morgan fingerprint density at radius 2 is 2.18 bits per heavy atom. The van der Waals surface area contributed by atoms with Gasteiger partial charge in [0.15, 0.2) is 0 Å². The predicted octanol–water partition coefficient (Wildman–Crippen LogP) is 0.704. The van der Waals surface area contributed by atoms with Crippen LogP contribution in [0.3, 0.4) is 0 Å². The lowest BCUT2D eigenvalue weighted by molar-refractivity contribution is -0.0202. The summed E-state index contributed by atoms with van der Waals surface area (Å²) in [7, 11) is 1.61. The molecule has 2 rings (SSSR count). The molecule has 1 aliphatic heterocycles. The maximum atomic E-state index is 11.4. The van der Waals surface area contributed by atoms with E-state index >= 15 is 0 Å². The lowest BCUT2D eigenvalue weighted by atomic mass is 9.88. The molecular formula is C12H17N3O2. The van der Waals surface area contributed by atoms with Gasteiger partial charge >= 0.3 is 6.03 Å². The Morgan fingerprint density at radius 3 is 2.71 bits per heavy atom. The number of aromatic nitrogens is 1. The molecule has 1 saturated heterocycles. The molecule has 2 N–H and O–H groups in total. The van der Waals surface area contributed by atoms with Crippen LogP contribution in [-0.2, 0) is 5.60 Å². The van der Waals surface area contributed by atoms with Crippen molar-refractivity contribution >= 4 is 6.03 Å². The summed E-state index contributed by atoms with van der Waals surface area (Å²) in [6, 6.07) is 5.43. The maximum Gasteiger partial charge on any atom is 0.317 e. The average molecular weight is 235 g/mol. The highest BCUT2D eigenvalue weighted by molar-refractivity contribution is 5.73. The minimum absolute atomic E-state index is 0.0897. The Bertz CT molecular complexity index is 386. The molecule has 1 aliphatic rings. The molecule has 5 heteroatoms. The zero-order valence-corrected chi connectivity index (χ0v) is 9.89. The highest BCUT2D eigenvalue weighted by Gasteiger charge is 2.36. The van der Waals surface area contributed by atoms with Crippen molar-refractivity contribution in [2.75, 3.05) is 20.1 Å². The van der Waals surface area contributed by atoms with Crippen molar-refractivity contribution < 1.29 is 9.90 Å². The van der Waals surface area contributed by atoms with Crippen molar-refractivity contribution in [2.24, 2.45) is 0 Å². The van der Waals surface area contributed by atoms with Gasteiger partial charge in [-0.25, -0.2) is 4.79 Å². The van der Waals surface area contributed by atoms with Gasteiger partial charge in [-0.1, -0.05) is 6.07 Å². The second kappa shape index (κ2) is 4.71. The topological polar surface area (TPSA) is 65.5 Å². The number of likely N-dealkylation sites (tertiary alicyclic amines) is 1. The van der Waals surface area contributed by atoms with Gasteiger partial charge in [0.25, 0.3) is 0 Å². The van der Waals surface area contributed by atoms with Gasteiger partial charge in [0, 0.05) is 26.3 Å². The summed E-state index contributed by atoms with van der Waals surface area (Å²) in [5.74, 6) is 0. The third-order valence-corrected chi connectivity index (χ3v) is 3.23. The van der Waals surface area contributed by atoms with Gasteiger partial charge in [-0.3, -0.25) is 4.98 Å². The van der Waals surface area contributed by atoms with Crippen molar-refractivity contribution in [3.05, 3.63) is 30.1 Å². The number of nitrogens with zero attached hydrogens (tertiary/aromatic N) is 2. The lowest BCUT2D eigenvalue weighted by Crippen LogP contribution is -2.48. The number of aliphatic hydroxyl groups is 1. The van der Waals surface area contributed by atoms with Gasteiger partial charge in [0.1, 0.15) is 5.60 Å². The Balaban J connectivity index is 2.05. The molecule has 17 heavy (non-hydrogen) atoms. The van der Waals surface area contributed by atoms with E-state index in [1.54, 1.807) is 18.1 Å². The largest absolute Gasteiger partial charge is 0.383 e. The number of hydrogen-bond donors (Lipinski definition) is 2. The van der Waals surface area contributed by atoms with Gasteiger partial charge in [-0.2, -0.15) is 0 Å². The number of nitrogens with one attached hydrogen (secondary N) is 1. The molecule has 1 aromatic heterocycles. The zero-order valence-electron chi connectivity index (χ0n) is 9.89. The fourth-order valence-electron chi connectivity index (χ4n) is 2.13. The normalized spacial score (nSPS) is 18.8. The van der Waals surface area contributed by atoms with Gasteiger partial charge in [0.05, 0.1) is 5.69 Å². The summed E-state index contributed by atoms with van der Waals surface area (Å²) in [6.07, 6.45) is 2.73. The molecule has 92 valence electrons. The highest BCUT2D eigenvalue weighted by atomic mass is 16.3. The van der Waals surface area contributed by atoms with E-state index in [0.717, 1.165) is 0 Å². The number of hydrogen-bond acceptors (Lipinski definition) is 3. The first kappa shape index (κ1) is 11.9. The van der Waals surface area contributed by atoms with E-state index in [0.29, 0.717) is 31.6 Å². The Kier molecular flexibility index (Phi) is 3.28. The number of piperidine rings is 1. The molecule has 0 saturated carbocycles. The first-order chi connectivity index (χ1) is 8.15. The Labute approximate surface area is 100 Å². The minimum atomic E-state index is -0.897. The molecule has 0 unspecified atom stereocenters. The molecular weight excluding hydrogens is 218 g/mol. The number of pyridine rings is 1. The van der Waals surface area contributed by atoms with Crippen LogP contribution in [0.5, 0.6) is 0 Å². The summed E-state index contributed by atoms with van der Waals surface area (Å²) in [4.78, 5) is 17.3. The van der Waals surface area contributed by atoms with Crippen LogP contribution in [0, 0.1) is 0 Å².